The second-order valence-electron chi connectivity index (χ2n) is 6.58. The quantitative estimate of drug-likeness (QED) is 0.764. The summed E-state index contributed by atoms with van der Waals surface area (Å²) in [5.74, 6) is -2.76. The molecule has 154 valence electrons. The number of hydrogen-bond donors (Lipinski definition) is 1. The van der Waals surface area contributed by atoms with Crippen molar-refractivity contribution in [3.8, 4) is 0 Å². The molecule has 1 aliphatic rings. The third-order valence-corrected chi connectivity index (χ3v) is 5.07. The number of nitrogens with one attached hydrogen (secondary N) is 1. The number of carbonyl (C=O) groups is 2. The highest BCUT2D eigenvalue weighted by Gasteiger charge is 2.26. The Hall–Kier alpha value is -2.85. The van der Waals surface area contributed by atoms with Gasteiger partial charge in [-0.25, -0.2) is 8.78 Å². The van der Waals surface area contributed by atoms with Crippen LogP contribution in [0.3, 0.4) is 0 Å². The molecule has 2 aromatic rings. The lowest BCUT2D eigenvalue weighted by Crippen LogP contribution is -2.50. The molecule has 1 unspecified atom stereocenters. The largest absolute Gasteiger partial charge is 0.755 e. The Morgan fingerprint density at radius 1 is 0.931 bits per heavy atom. The Kier molecular flexibility index (Phi) is 6.23. The van der Waals surface area contributed by atoms with Crippen molar-refractivity contribution in [2.45, 2.75) is 6.92 Å². The molecule has 2 amide bonds. The Morgan fingerprint density at radius 3 is 1.93 bits per heavy atom. The molecule has 0 radical (unpaired) electrons. The van der Waals surface area contributed by atoms with E-state index in [9.17, 15) is 27.1 Å². The molecule has 29 heavy (non-hydrogen) atoms. The van der Waals surface area contributed by atoms with E-state index in [0.29, 0.717) is 16.8 Å². The normalized spacial score (nSPS) is 15.2. The fourth-order valence-corrected chi connectivity index (χ4v) is 3.52. The summed E-state index contributed by atoms with van der Waals surface area (Å²) in [4.78, 5) is 28.2. The van der Waals surface area contributed by atoms with Crippen molar-refractivity contribution in [3.63, 3.8) is 0 Å². The fraction of sp³-hybridized carbons (Fsp3) is 0.263. The van der Waals surface area contributed by atoms with Crippen molar-refractivity contribution in [1.29, 1.82) is 0 Å². The van der Waals surface area contributed by atoms with Gasteiger partial charge in [-0.05, 0) is 48.9 Å². The van der Waals surface area contributed by atoms with Gasteiger partial charge in [0, 0.05) is 54.3 Å². The molecule has 3 rings (SSSR count). The maximum atomic E-state index is 13.4. The molecule has 2 aromatic carbocycles. The van der Waals surface area contributed by atoms with E-state index in [1.165, 1.54) is 23.1 Å². The number of rotatable bonds is 4. The lowest BCUT2D eigenvalue weighted by atomic mass is 10.1. The zero-order valence-electron chi connectivity index (χ0n) is 15.5. The van der Waals surface area contributed by atoms with Crippen molar-refractivity contribution >= 4 is 28.8 Å². The number of benzene rings is 2. The number of hydrogen-bond acceptors (Lipinski definition) is 4. The molecule has 0 bridgehead atoms. The molecule has 0 aliphatic carbocycles. The van der Waals surface area contributed by atoms with Crippen LogP contribution in [0.5, 0.6) is 0 Å². The Morgan fingerprint density at radius 2 is 1.45 bits per heavy atom. The van der Waals surface area contributed by atoms with Crippen molar-refractivity contribution in [2.75, 3.05) is 30.9 Å². The van der Waals surface area contributed by atoms with Gasteiger partial charge >= 0.3 is 0 Å². The molecule has 1 atom stereocenters. The number of aryl methyl sites for hydroxylation is 1. The highest BCUT2D eigenvalue weighted by atomic mass is 32.2. The maximum absolute atomic E-state index is 13.4. The minimum atomic E-state index is -2.45. The van der Waals surface area contributed by atoms with Gasteiger partial charge in [-0.3, -0.25) is 13.8 Å². The Bertz CT molecular complexity index is 978. The molecule has 0 aromatic heterocycles. The lowest BCUT2D eigenvalue weighted by Gasteiger charge is -2.35. The Balaban J connectivity index is 1.63. The van der Waals surface area contributed by atoms with E-state index in [1.807, 2.05) is 0 Å². The van der Waals surface area contributed by atoms with Crippen LogP contribution < -0.4 is 4.72 Å². The van der Waals surface area contributed by atoms with E-state index in [-0.39, 0.29) is 37.6 Å². The van der Waals surface area contributed by atoms with Gasteiger partial charge in [0.05, 0.1) is 0 Å². The standard InChI is InChI=1S/C19H19F2N3O4S/c1-12-10-13(3-5-17(12)22-29(27)28)18(25)23-6-8-24(9-7-23)19(26)14-2-4-15(20)16(21)11-14/h2-5,10-11,22H,6-9H2,1H3,(H,27,28)/p-1. The molecular weight excluding hydrogens is 404 g/mol. The van der Waals surface area contributed by atoms with Crippen LogP contribution in [0.25, 0.3) is 0 Å². The van der Waals surface area contributed by atoms with Crippen LogP contribution in [0.2, 0.25) is 0 Å². The van der Waals surface area contributed by atoms with Crippen LogP contribution in [0.4, 0.5) is 14.5 Å². The van der Waals surface area contributed by atoms with Gasteiger partial charge in [0.15, 0.2) is 11.6 Å². The van der Waals surface area contributed by atoms with Crippen LogP contribution in [0.1, 0.15) is 26.3 Å². The van der Waals surface area contributed by atoms with E-state index >= 15 is 0 Å². The smallest absolute Gasteiger partial charge is 0.254 e. The molecular formula is C19H18F2N3O4S-. The highest BCUT2D eigenvalue weighted by molar-refractivity contribution is 7.80. The van der Waals surface area contributed by atoms with Crippen LogP contribution in [0, 0.1) is 18.6 Å². The summed E-state index contributed by atoms with van der Waals surface area (Å²) in [6, 6.07) is 7.64. The van der Waals surface area contributed by atoms with Crippen LogP contribution in [-0.2, 0) is 11.3 Å². The van der Waals surface area contributed by atoms with Gasteiger partial charge in [0.1, 0.15) is 0 Å². The summed E-state index contributed by atoms with van der Waals surface area (Å²) >= 11 is -2.45. The van der Waals surface area contributed by atoms with E-state index < -0.39 is 28.8 Å². The van der Waals surface area contributed by atoms with Crippen molar-refractivity contribution < 1.29 is 27.1 Å². The number of anilines is 1. The van der Waals surface area contributed by atoms with E-state index in [1.54, 1.807) is 17.9 Å². The molecule has 7 nitrogen and oxygen atoms in total. The van der Waals surface area contributed by atoms with Crippen LogP contribution in [0.15, 0.2) is 36.4 Å². The summed E-state index contributed by atoms with van der Waals surface area (Å²) in [6.07, 6.45) is 0. The topological polar surface area (TPSA) is 92.8 Å². The third kappa shape index (κ3) is 4.77. The lowest BCUT2D eigenvalue weighted by molar-refractivity contribution is 0.0535. The first-order valence-corrected chi connectivity index (χ1v) is 9.84. The maximum Gasteiger partial charge on any atom is 0.254 e. The van der Waals surface area contributed by atoms with E-state index in [2.05, 4.69) is 4.72 Å². The molecule has 10 heteroatoms. The van der Waals surface area contributed by atoms with E-state index in [0.717, 1.165) is 12.1 Å². The average molecular weight is 422 g/mol. The van der Waals surface area contributed by atoms with Gasteiger partial charge in [-0.1, -0.05) is 0 Å². The second kappa shape index (κ2) is 8.66. The highest BCUT2D eigenvalue weighted by Crippen LogP contribution is 2.19. The minimum absolute atomic E-state index is 0.0538. The first kappa shape index (κ1) is 20.9. The number of nitrogens with zero attached hydrogens (tertiary/aromatic N) is 2. The molecule has 1 N–H and O–H groups in total. The predicted molar refractivity (Wildman–Crippen MR) is 102 cm³/mol. The fourth-order valence-electron chi connectivity index (χ4n) is 3.11. The van der Waals surface area contributed by atoms with Gasteiger partial charge < -0.3 is 19.1 Å². The zero-order valence-corrected chi connectivity index (χ0v) is 16.3. The first-order valence-electron chi connectivity index (χ1n) is 8.76. The summed E-state index contributed by atoms with van der Waals surface area (Å²) < 4.78 is 50.2. The third-order valence-electron chi connectivity index (χ3n) is 4.69. The number of piperazine rings is 1. The average Bonchev–Trinajstić information content (AvgIpc) is 2.70. The van der Waals surface area contributed by atoms with Crippen LogP contribution >= 0.6 is 0 Å². The molecule has 1 fully saturated rings. The number of carbonyl (C=O) groups excluding carboxylic acids is 2. The number of halogens is 2. The van der Waals surface area contributed by atoms with Gasteiger partial charge in [0.25, 0.3) is 11.8 Å². The van der Waals surface area contributed by atoms with Gasteiger partial charge in [0.2, 0.25) is 0 Å². The monoisotopic (exact) mass is 422 g/mol. The molecule has 1 saturated heterocycles. The second-order valence-corrected chi connectivity index (χ2v) is 7.25. The van der Waals surface area contributed by atoms with Crippen molar-refractivity contribution in [2.24, 2.45) is 0 Å². The summed E-state index contributed by atoms with van der Waals surface area (Å²) in [7, 11) is 0. The Labute approximate surface area is 168 Å². The SMILES string of the molecule is Cc1cc(C(=O)N2CCN(C(=O)c3ccc(F)c(F)c3)CC2)ccc1NS(=O)[O-]. The molecule has 1 heterocycles. The van der Waals surface area contributed by atoms with Crippen molar-refractivity contribution in [3.05, 3.63) is 64.7 Å². The van der Waals surface area contributed by atoms with Crippen LogP contribution in [-0.4, -0.2) is 56.6 Å². The molecule has 1 aliphatic heterocycles. The minimum Gasteiger partial charge on any atom is -0.755 e. The zero-order chi connectivity index (χ0) is 21.1. The summed E-state index contributed by atoms with van der Waals surface area (Å²) in [6.45, 7) is 2.79. The number of amides is 2. The van der Waals surface area contributed by atoms with E-state index in [4.69, 9.17) is 0 Å². The molecule has 0 saturated carbocycles. The van der Waals surface area contributed by atoms with Gasteiger partial charge in [-0.15, -0.1) is 0 Å². The van der Waals surface area contributed by atoms with Gasteiger partial charge in [-0.2, -0.15) is 0 Å². The predicted octanol–water partition coefficient (Wildman–Crippen LogP) is 2.08. The summed E-state index contributed by atoms with van der Waals surface area (Å²) in [5, 5.41) is 0. The first-order chi connectivity index (χ1) is 13.8. The summed E-state index contributed by atoms with van der Waals surface area (Å²) in [5.41, 5.74) is 1.45. The molecule has 0 spiro atoms. The van der Waals surface area contributed by atoms with Crippen molar-refractivity contribution in [1.82, 2.24) is 9.80 Å².